The summed E-state index contributed by atoms with van der Waals surface area (Å²) in [4.78, 5) is 22.7. The molecule has 7 nitrogen and oxygen atoms in total. The number of nitrogen functional groups attached to an aromatic ring is 1. The maximum absolute atomic E-state index is 12.5. The Bertz CT molecular complexity index is 821. The second-order valence-corrected chi connectivity index (χ2v) is 7.21. The smallest absolute Gasteiger partial charge is 0.324 e. The molecule has 0 saturated carbocycles. The van der Waals surface area contributed by atoms with Crippen LogP contribution in [0.25, 0.3) is 0 Å². The largest absolute Gasteiger partial charge is 0.487 e. The Morgan fingerprint density at radius 1 is 1.44 bits per heavy atom. The molecule has 0 fully saturated rings. The quantitative estimate of drug-likeness (QED) is 0.477. The predicted molar refractivity (Wildman–Crippen MR) is 98.6 cm³/mol. The van der Waals surface area contributed by atoms with Crippen molar-refractivity contribution in [2.75, 3.05) is 5.73 Å². The molecule has 3 N–H and O–H groups in total. The number of thiophene rings is 1. The summed E-state index contributed by atoms with van der Waals surface area (Å²) in [6.07, 6.45) is 0.571. The summed E-state index contributed by atoms with van der Waals surface area (Å²) in [5.41, 5.74) is 7.08. The number of rotatable bonds is 3. The Kier molecular flexibility index (Phi) is 5.24. The maximum atomic E-state index is 12.5. The molecule has 1 aliphatic heterocycles. The second kappa shape index (κ2) is 6.89. The summed E-state index contributed by atoms with van der Waals surface area (Å²) in [7, 11) is 0. The number of carbonyl (C=O) groups is 1. The molecule has 134 valence electrons. The van der Waals surface area contributed by atoms with Gasteiger partial charge in [0.15, 0.2) is 0 Å². The van der Waals surface area contributed by atoms with Gasteiger partial charge < -0.3 is 15.8 Å². The van der Waals surface area contributed by atoms with Crippen molar-refractivity contribution in [3.8, 4) is 5.75 Å². The van der Waals surface area contributed by atoms with E-state index in [2.05, 4.69) is 5.32 Å². The third-order valence-corrected chi connectivity index (χ3v) is 4.70. The SMILES string of the molecule is CC1(C)CC(NC(=O)c2csc([N+](=O)[O-])c2)c2cc(N)ccc2O1.Cl. The van der Waals surface area contributed by atoms with E-state index in [1.807, 2.05) is 13.8 Å². The van der Waals surface area contributed by atoms with Crippen LogP contribution in [-0.4, -0.2) is 16.4 Å². The van der Waals surface area contributed by atoms with Gasteiger partial charge in [-0.25, -0.2) is 0 Å². The first-order valence-corrected chi connectivity index (χ1v) is 8.25. The number of nitrogens with zero attached hydrogens (tertiary/aromatic N) is 1. The number of nitrogens with two attached hydrogens (primary N) is 1. The topological polar surface area (TPSA) is 107 Å². The van der Waals surface area contributed by atoms with Crippen LogP contribution in [0.2, 0.25) is 0 Å². The number of ether oxygens (including phenoxy) is 1. The third kappa shape index (κ3) is 4.02. The molecule has 1 aliphatic rings. The standard InChI is InChI=1S/C16H17N3O4S.ClH/c1-16(2)7-12(11-6-10(17)3-4-13(11)23-16)18-15(20)9-5-14(19(21)22)24-8-9;/h3-6,8,12H,7,17H2,1-2H3,(H,18,20);1H. The van der Waals surface area contributed by atoms with Crippen LogP contribution in [0.3, 0.4) is 0 Å². The van der Waals surface area contributed by atoms with E-state index in [9.17, 15) is 14.9 Å². The van der Waals surface area contributed by atoms with Crippen LogP contribution in [0.4, 0.5) is 10.7 Å². The first-order valence-electron chi connectivity index (χ1n) is 7.37. The number of hydrogen-bond acceptors (Lipinski definition) is 6. The number of nitro groups is 1. The number of benzene rings is 1. The fourth-order valence-corrected chi connectivity index (χ4v) is 3.49. The van der Waals surface area contributed by atoms with E-state index in [0.717, 1.165) is 16.9 Å². The van der Waals surface area contributed by atoms with Gasteiger partial charge in [-0.2, -0.15) is 0 Å². The summed E-state index contributed by atoms with van der Waals surface area (Å²) in [5.74, 6) is 0.331. The van der Waals surface area contributed by atoms with Crippen LogP contribution < -0.4 is 15.8 Å². The van der Waals surface area contributed by atoms with E-state index in [1.54, 1.807) is 18.2 Å². The van der Waals surface area contributed by atoms with Crippen LogP contribution in [0, 0.1) is 10.1 Å². The molecule has 3 rings (SSSR count). The van der Waals surface area contributed by atoms with Gasteiger partial charge in [0.2, 0.25) is 0 Å². The first-order chi connectivity index (χ1) is 11.2. The average Bonchev–Trinajstić information content (AvgIpc) is 2.97. The number of hydrogen-bond donors (Lipinski definition) is 2. The third-order valence-electron chi connectivity index (χ3n) is 3.82. The summed E-state index contributed by atoms with van der Waals surface area (Å²) in [5, 5.41) is 15.1. The molecule has 0 radical (unpaired) electrons. The molecule has 1 aromatic carbocycles. The monoisotopic (exact) mass is 383 g/mol. The molecular formula is C16H18ClN3O4S. The first kappa shape index (κ1) is 19.0. The number of halogens is 1. The highest BCUT2D eigenvalue weighted by Crippen LogP contribution is 2.40. The van der Waals surface area contributed by atoms with Crippen molar-refractivity contribution in [3.05, 3.63) is 50.9 Å². The molecule has 0 spiro atoms. The minimum absolute atomic E-state index is 0. The number of carbonyl (C=O) groups excluding carboxylic acids is 1. The van der Waals surface area contributed by atoms with E-state index >= 15 is 0 Å². The van der Waals surface area contributed by atoms with Gasteiger partial charge in [0.25, 0.3) is 5.91 Å². The molecule has 1 unspecified atom stereocenters. The van der Waals surface area contributed by atoms with Gasteiger partial charge in [0.1, 0.15) is 11.4 Å². The lowest BCUT2D eigenvalue weighted by Gasteiger charge is -2.38. The average molecular weight is 384 g/mol. The molecular weight excluding hydrogens is 366 g/mol. The highest BCUT2D eigenvalue weighted by molar-refractivity contribution is 7.13. The van der Waals surface area contributed by atoms with Gasteiger partial charge in [-0.15, -0.1) is 12.4 Å². The Morgan fingerprint density at radius 3 is 2.80 bits per heavy atom. The van der Waals surface area contributed by atoms with E-state index < -0.39 is 10.5 Å². The summed E-state index contributed by atoms with van der Waals surface area (Å²) in [6, 6.07) is 6.33. The Balaban J connectivity index is 0.00000225. The number of fused-ring (bicyclic) bond motifs is 1. The zero-order valence-corrected chi connectivity index (χ0v) is 15.3. The summed E-state index contributed by atoms with van der Waals surface area (Å²) < 4.78 is 5.93. The van der Waals surface area contributed by atoms with Gasteiger partial charge in [0, 0.05) is 29.1 Å². The van der Waals surface area contributed by atoms with Crippen LogP contribution in [0.15, 0.2) is 29.6 Å². The molecule has 2 aromatic rings. The summed E-state index contributed by atoms with van der Waals surface area (Å²) in [6.45, 7) is 3.89. The highest BCUT2D eigenvalue weighted by atomic mass is 35.5. The van der Waals surface area contributed by atoms with E-state index in [-0.39, 0.29) is 34.9 Å². The zero-order valence-electron chi connectivity index (χ0n) is 13.6. The lowest BCUT2D eigenvalue weighted by Crippen LogP contribution is -2.41. The van der Waals surface area contributed by atoms with Crippen molar-refractivity contribution in [1.29, 1.82) is 0 Å². The molecule has 0 bridgehead atoms. The molecule has 25 heavy (non-hydrogen) atoms. The van der Waals surface area contributed by atoms with E-state index in [4.69, 9.17) is 10.5 Å². The van der Waals surface area contributed by atoms with Gasteiger partial charge in [-0.1, -0.05) is 11.3 Å². The Morgan fingerprint density at radius 2 is 2.16 bits per heavy atom. The normalized spacial score (nSPS) is 17.6. The number of amides is 1. The lowest BCUT2D eigenvalue weighted by atomic mass is 9.89. The van der Waals surface area contributed by atoms with Gasteiger partial charge >= 0.3 is 5.00 Å². The minimum Gasteiger partial charge on any atom is -0.487 e. The molecule has 1 amide bonds. The fourth-order valence-electron chi connectivity index (χ4n) is 2.78. The van der Waals surface area contributed by atoms with Crippen LogP contribution >= 0.6 is 23.7 Å². The van der Waals surface area contributed by atoms with Crippen molar-refractivity contribution in [3.63, 3.8) is 0 Å². The van der Waals surface area contributed by atoms with Crippen LogP contribution in [-0.2, 0) is 0 Å². The van der Waals surface area contributed by atoms with Crippen LogP contribution in [0.1, 0.15) is 42.2 Å². The Hall–Kier alpha value is -2.32. The second-order valence-electron chi connectivity index (χ2n) is 6.32. The van der Waals surface area contributed by atoms with E-state index in [1.165, 1.54) is 11.4 Å². The number of anilines is 1. The Labute approximate surface area is 154 Å². The molecule has 0 aliphatic carbocycles. The molecule has 9 heteroatoms. The van der Waals surface area contributed by atoms with Crippen molar-refractivity contribution in [2.45, 2.75) is 31.9 Å². The van der Waals surface area contributed by atoms with Gasteiger partial charge in [-0.05, 0) is 32.0 Å². The molecule has 2 heterocycles. The van der Waals surface area contributed by atoms with E-state index in [0.29, 0.717) is 17.9 Å². The lowest BCUT2D eigenvalue weighted by molar-refractivity contribution is -0.380. The fraction of sp³-hybridized carbons (Fsp3) is 0.312. The highest BCUT2D eigenvalue weighted by Gasteiger charge is 2.35. The van der Waals surface area contributed by atoms with Crippen molar-refractivity contribution >= 4 is 40.3 Å². The van der Waals surface area contributed by atoms with Crippen molar-refractivity contribution in [2.24, 2.45) is 0 Å². The maximum Gasteiger partial charge on any atom is 0.324 e. The van der Waals surface area contributed by atoms with Crippen LogP contribution in [0.5, 0.6) is 5.75 Å². The van der Waals surface area contributed by atoms with Gasteiger partial charge in [-0.3, -0.25) is 14.9 Å². The molecule has 0 saturated heterocycles. The van der Waals surface area contributed by atoms with Crippen molar-refractivity contribution in [1.82, 2.24) is 5.32 Å². The minimum atomic E-state index is -0.505. The van der Waals surface area contributed by atoms with Crippen molar-refractivity contribution < 1.29 is 14.5 Å². The molecule has 1 atom stereocenters. The number of nitrogens with one attached hydrogen (secondary N) is 1. The predicted octanol–water partition coefficient (Wildman–Crippen LogP) is 3.69. The summed E-state index contributed by atoms with van der Waals surface area (Å²) >= 11 is 0.931. The van der Waals surface area contributed by atoms with Gasteiger partial charge in [0.05, 0.1) is 16.5 Å². The zero-order chi connectivity index (χ0) is 17.5. The molecule has 1 aromatic heterocycles.